The Hall–Kier alpha value is -3.25. The Morgan fingerprint density at radius 1 is 1.06 bits per heavy atom. The molecule has 0 unspecified atom stereocenters. The highest BCUT2D eigenvalue weighted by molar-refractivity contribution is 7.91. The van der Waals surface area contributed by atoms with Crippen molar-refractivity contribution in [2.45, 2.75) is 44.4 Å². The standard InChI is InChI=1S/C24H28N2O8S2/c1-24(2,3)23(30)34-15-33-19(28)13-26-21(29)20(25-18(27)12-17-10-7-11-35-17)22(26)36(31,32)14-16-8-5-4-6-9-16/h4-11,20,22H,12-15H2,1-3H3,(H,25,27)/t20-,22-/m1/s1. The number of amides is 2. The lowest BCUT2D eigenvalue weighted by Crippen LogP contribution is -2.74. The molecule has 3 rings (SSSR count). The minimum atomic E-state index is -4.01. The first kappa shape index (κ1) is 27.3. The smallest absolute Gasteiger partial charge is 0.328 e. The average molecular weight is 537 g/mol. The number of thiophene rings is 1. The average Bonchev–Trinajstić information content (AvgIpc) is 3.30. The van der Waals surface area contributed by atoms with Gasteiger partial charge in [-0.2, -0.15) is 0 Å². The summed E-state index contributed by atoms with van der Waals surface area (Å²) in [6.07, 6.45) is -0.00587. The summed E-state index contributed by atoms with van der Waals surface area (Å²) < 4.78 is 36.3. The molecule has 1 N–H and O–H groups in total. The molecule has 2 aromatic rings. The van der Waals surface area contributed by atoms with Crippen molar-refractivity contribution < 1.29 is 37.1 Å². The van der Waals surface area contributed by atoms with Crippen molar-refractivity contribution in [3.8, 4) is 0 Å². The number of ether oxygens (including phenoxy) is 2. The minimum Gasteiger partial charge on any atom is -0.427 e. The molecule has 194 valence electrons. The first-order valence-corrected chi connectivity index (χ1v) is 13.7. The van der Waals surface area contributed by atoms with Crippen LogP contribution in [-0.4, -0.2) is 61.8 Å². The molecule has 2 atom stereocenters. The van der Waals surface area contributed by atoms with Gasteiger partial charge in [0.15, 0.2) is 15.2 Å². The second kappa shape index (κ2) is 11.2. The predicted molar refractivity (Wildman–Crippen MR) is 131 cm³/mol. The van der Waals surface area contributed by atoms with Gasteiger partial charge in [0.2, 0.25) is 18.6 Å². The van der Waals surface area contributed by atoms with Crippen molar-refractivity contribution in [2.75, 3.05) is 13.3 Å². The highest BCUT2D eigenvalue weighted by Gasteiger charge is 2.55. The molecule has 1 fully saturated rings. The van der Waals surface area contributed by atoms with Gasteiger partial charge < -0.3 is 19.7 Å². The number of nitrogens with zero attached hydrogens (tertiary/aromatic N) is 1. The van der Waals surface area contributed by atoms with E-state index in [1.807, 2.05) is 0 Å². The van der Waals surface area contributed by atoms with Gasteiger partial charge in [0.05, 0.1) is 17.6 Å². The molecule has 36 heavy (non-hydrogen) atoms. The van der Waals surface area contributed by atoms with Crippen molar-refractivity contribution in [1.29, 1.82) is 0 Å². The molecule has 0 radical (unpaired) electrons. The van der Waals surface area contributed by atoms with E-state index in [0.717, 1.165) is 9.78 Å². The van der Waals surface area contributed by atoms with E-state index in [-0.39, 0.29) is 6.42 Å². The zero-order valence-corrected chi connectivity index (χ0v) is 21.8. The number of hydrogen-bond donors (Lipinski definition) is 1. The normalized spacial score (nSPS) is 17.8. The van der Waals surface area contributed by atoms with Gasteiger partial charge in [-0.25, -0.2) is 8.42 Å². The fourth-order valence-corrected chi connectivity index (χ4v) is 6.16. The first-order chi connectivity index (χ1) is 16.9. The van der Waals surface area contributed by atoms with E-state index in [2.05, 4.69) is 5.32 Å². The predicted octanol–water partition coefficient (Wildman–Crippen LogP) is 1.65. The lowest BCUT2D eigenvalue weighted by atomic mass is 9.98. The number of nitrogens with one attached hydrogen (secondary N) is 1. The number of carbonyl (C=O) groups excluding carboxylic acids is 4. The molecule has 0 aliphatic carbocycles. The lowest BCUT2D eigenvalue weighted by Gasteiger charge is -2.45. The summed E-state index contributed by atoms with van der Waals surface area (Å²) in [6.45, 7) is 3.54. The van der Waals surface area contributed by atoms with Gasteiger partial charge in [-0.1, -0.05) is 36.4 Å². The molecule has 10 nitrogen and oxygen atoms in total. The summed E-state index contributed by atoms with van der Waals surface area (Å²) in [5.74, 6) is -3.16. The summed E-state index contributed by atoms with van der Waals surface area (Å²) in [5.41, 5.74) is -0.303. The molecule has 1 aromatic carbocycles. The topological polar surface area (TPSA) is 136 Å². The van der Waals surface area contributed by atoms with Crippen LogP contribution < -0.4 is 5.32 Å². The number of hydrogen-bond acceptors (Lipinski definition) is 9. The molecule has 1 saturated heterocycles. The van der Waals surface area contributed by atoms with Crippen molar-refractivity contribution in [1.82, 2.24) is 10.2 Å². The van der Waals surface area contributed by atoms with Crippen LogP contribution in [0.15, 0.2) is 47.8 Å². The maximum atomic E-state index is 13.3. The molecule has 0 bridgehead atoms. The quantitative estimate of drug-likeness (QED) is 0.275. The Bertz CT molecular complexity index is 1200. The van der Waals surface area contributed by atoms with Crippen molar-refractivity contribution in [3.63, 3.8) is 0 Å². The highest BCUT2D eigenvalue weighted by Crippen LogP contribution is 2.28. The van der Waals surface area contributed by atoms with Crippen LogP contribution in [0.2, 0.25) is 0 Å². The van der Waals surface area contributed by atoms with E-state index >= 15 is 0 Å². The van der Waals surface area contributed by atoms with Crippen LogP contribution >= 0.6 is 11.3 Å². The Balaban J connectivity index is 1.70. The van der Waals surface area contributed by atoms with Gasteiger partial charge in [0.25, 0.3) is 0 Å². The van der Waals surface area contributed by atoms with E-state index in [0.29, 0.717) is 5.56 Å². The van der Waals surface area contributed by atoms with Gasteiger partial charge >= 0.3 is 11.9 Å². The Morgan fingerprint density at radius 3 is 2.36 bits per heavy atom. The number of esters is 2. The number of likely N-dealkylation sites (tertiary alicyclic amines) is 1. The summed E-state index contributed by atoms with van der Waals surface area (Å²) in [5, 5.41) is 2.85. The van der Waals surface area contributed by atoms with E-state index < -0.39 is 69.5 Å². The minimum absolute atomic E-state index is 0.00587. The zero-order chi connectivity index (χ0) is 26.5. The number of carbonyl (C=O) groups is 4. The lowest BCUT2D eigenvalue weighted by molar-refractivity contribution is -0.176. The summed E-state index contributed by atoms with van der Waals surface area (Å²) in [7, 11) is -4.01. The van der Waals surface area contributed by atoms with Gasteiger partial charge in [-0.3, -0.25) is 19.2 Å². The van der Waals surface area contributed by atoms with E-state index in [9.17, 15) is 27.6 Å². The summed E-state index contributed by atoms with van der Waals surface area (Å²) in [6, 6.07) is 10.6. The molecule has 0 spiro atoms. The Morgan fingerprint density at radius 2 is 1.75 bits per heavy atom. The van der Waals surface area contributed by atoms with Crippen molar-refractivity contribution >= 4 is 44.9 Å². The fraction of sp³-hybridized carbons (Fsp3) is 0.417. The molecule has 1 aliphatic rings. The molecular formula is C24H28N2O8S2. The highest BCUT2D eigenvalue weighted by atomic mass is 32.2. The van der Waals surface area contributed by atoms with Crippen LogP contribution in [0.4, 0.5) is 0 Å². The van der Waals surface area contributed by atoms with Gasteiger partial charge in [-0.05, 0) is 37.8 Å². The van der Waals surface area contributed by atoms with Crippen LogP contribution in [0, 0.1) is 5.41 Å². The summed E-state index contributed by atoms with van der Waals surface area (Å²) in [4.78, 5) is 51.0. The van der Waals surface area contributed by atoms with E-state index in [4.69, 9.17) is 9.47 Å². The Kier molecular flexibility index (Phi) is 8.51. The maximum absolute atomic E-state index is 13.3. The van der Waals surface area contributed by atoms with Crippen molar-refractivity contribution in [2.24, 2.45) is 5.41 Å². The molecule has 1 aromatic heterocycles. The van der Waals surface area contributed by atoms with Gasteiger partial charge in [-0.15, -0.1) is 11.3 Å². The number of rotatable bonds is 10. The van der Waals surface area contributed by atoms with Crippen LogP contribution in [0.25, 0.3) is 0 Å². The third-order valence-corrected chi connectivity index (χ3v) is 8.15. The molecule has 1 aliphatic heterocycles. The molecular weight excluding hydrogens is 508 g/mol. The van der Waals surface area contributed by atoms with Crippen LogP contribution in [-0.2, 0) is 50.7 Å². The maximum Gasteiger partial charge on any atom is 0.328 e. The van der Waals surface area contributed by atoms with E-state index in [1.54, 1.807) is 68.6 Å². The zero-order valence-electron chi connectivity index (χ0n) is 20.1. The number of β-lactam (4-membered cyclic amide) rings is 1. The third kappa shape index (κ3) is 6.91. The molecule has 2 heterocycles. The van der Waals surface area contributed by atoms with Gasteiger partial charge in [0, 0.05) is 4.88 Å². The Labute approximate surface area is 213 Å². The van der Waals surface area contributed by atoms with Crippen LogP contribution in [0.5, 0.6) is 0 Å². The second-order valence-corrected chi connectivity index (χ2v) is 12.4. The molecule has 0 saturated carbocycles. The number of benzene rings is 1. The third-order valence-electron chi connectivity index (χ3n) is 5.27. The van der Waals surface area contributed by atoms with Crippen molar-refractivity contribution in [3.05, 3.63) is 58.3 Å². The summed E-state index contributed by atoms with van der Waals surface area (Å²) >= 11 is 1.36. The van der Waals surface area contributed by atoms with Crippen LogP contribution in [0.1, 0.15) is 31.2 Å². The molecule has 12 heteroatoms. The monoisotopic (exact) mass is 536 g/mol. The largest absolute Gasteiger partial charge is 0.427 e. The molecule has 2 amide bonds. The number of sulfone groups is 1. The fourth-order valence-electron chi connectivity index (χ4n) is 3.46. The van der Waals surface area contributed by atoms with E-state index in [1.165, 1.54) is 11.3 Å². The first-order valence-electron chi connectivity index (χ1n) is 11.1. The SMILES string of the molecule is CC(C)(C)C(=O)OCOC(=O)CN1C(=O)[C@@H](NC(=O)Cc2cccs2)[C@H]1S(=O)(=O)Cc1ccccc1. The van der Waals surface area contributed by atoms with Crippen LogP contribution in [0.3, 0.4) is 0 Å². The second-order valence-electron chi connectivity index (χ2n) is 9.27. The van der Waals surface area contributed by atoms with Gasteiger partial charge in [0.1, 0.15) is 12.6 Å².